The molecule has 1 atom stereocenters. The number of nitrogens with one attached hydrogen (secondary N) is 1. The van der Waals surface area contributed by atoms with E-state index in [9.17, 15) is 13.2 Å². The van der Waals surface area contributed by atoms with Crippen LogP contribution in [0.1, 0.15) is 25.2 Å². The number of aromatic nitrogens is 3. The molecule has 0 bridgehead atoms. The fraction of sp³-hybridized carbons (Fsp3) is 0.348. The zero-order valence-electron chi connectivity index (χ0n) is 19.7. The number of hydrogen-bond donors (Lipinski definition) is 1. The Morgan fingerprint density at radius 3 is 2.44 bits per heavy atom. The minimum Gasteiger partial charge on any atom is -0.497 e. The molecule has 0 saturated carbocycles. The summed E-state index contributed by atoms with van der Waals surface area (Å²) in [6.07, 6.45) is 0. The fourth-order valence-electron chi connectivity index (χ4n) is 3.19. The number of nitrogens with zero attached hydrogens (tertiary/aromatic N) is 3. The Morgan fingerprint density at radius 1 is 1.12 bits per heavy atom. The quantitative estimate of drug-likeness (QED) is 0.416. The number of ether oxygens (including phenoxy) is 2. The van der Waals surface area contributed by atoms with E-state index in [0.29, 0.717) is 34.7 Å². The Morgan fingerprint density at radius 2 is 1.82 bits per heavy atom. The maximum atomic E-state index is 12.9. The third-order valence-electron chi connectivity index (χ3n) is 5.12. The van der Waals surface area contributed by atoms with Crippen LogP contribution in [0, 0.1) is 6.92 Å². The summed E-state index contributed by atoms with van der Waals surface area (Å²) in [5.41, 5.74) is 1.47. The summed E-state index contributed by atoms with van der Waals surface area (Å²) >= 11 is 1.20. The summed E-state index contributed by atoms with van der Waals surface area (Å²) in [7, 11) is -0.526. The van der Waals surface area contributed by atoms with Gasteiger partial charge in [0.25, 0.3) is 0 Å². The summed E-state index contributed by atoms with van der Waals surface area (Å²) in [6, 6.07) is 11.8. The smallest absolute Gasteiger partial charge is 0.237 e. The number of anilines is 1. The highest BCUT2D eigenvalue weighted by molar-refractivity contribution is 8.00. The van der Waals surface area contributed by atoms with Crippen LogP contribution in [-0.2, 0) is 26.9 Å². The van der Waals surface area contributed by atoms with E-state index in [4.69, 9.17) is 9.47 Å². The van der Waals surface area contributed by atoms with Crippen molar-refractivity contribution >= 4 is 33.2 Å². The second-order valence-corrected chi connectivity index (χ2v) is 10.8. The number of carbonyl (C=O) groups is 1. The van der Waals surface area contributed by atoms with Gasteiger partial charge in [-0.2, -0.15) is 0 Å². The maximum absolute atomic E-state index is 12.9. The van der Waals surface area contributed by atoms with Crippen molar-refractivity contribution in [3.63, 3.8) is 0 Å². The van der Waals surface area contributed by atoms with Gasteiger partial charge < -0.3 is 19.4 Å². The minimum absolute atomic E-state index is 0.234. The van der Waals surface area contributed by atoms with Crippen molar-refractivity contribution in [3.8, 4) is 11.5 Å². The first kappa shape index (κ1) is 25.6. The lowest BCUT2D eigenvalue weighted by molar-refractivity contribution is -0.115. The molecule has 0 saturated heterocycles. The van der Waals surface area contributed by atoms with Gasteiger partial charge in [0.2, 0.25) is 5.91 Å². The molecule has 0 fully saturated rings. The Labute approximate surface area is 203 Å². The number of amides is 1. The molecule has 2 aromatic carbocycles. The molecule has 1 aromatic heterocycles. The molecule has 34 heavy (non-hydrogen) atoms. The van der Waals surface area contributed by atoms with Gasteiger partial charge in [0, 0.05) is 12.6 Å². The van der Waals surface area contributed by atoms with Crippen LogP contribution >= 0.6 is 11.8 Å². The first-order valence-corrected chi connectivity index (χ1v) is 13.1. The first-order chi connectivity index (χ1) is 16.2. The average molecular weight is 505 g/mol. The number of aryl methyl sites for hydroxylation is 1. The highest BCUT2D eigenvalue weighted by Crippen LogP contribution is 2.31. The van der Waals surface area contributed by atoms with Crippen molar-refractivity contribution in [3.05, 3.63) is 53.9 Å². The molecule has 0 aliphatic carbocycles. The number of sulfone groups is 1. The predicted molar refractivity (Wildman–Crippen MR) is 131 cm³/mol. The number of thioether (sulfide) groups is 1. The topological polar surface area (TPSA) is 112 Å². The first-order valence-electron chi connectivity index (χ1n) is 10.6. The van der Waals surface area contributed by atoms with Gasteiger partial charge in [-0.25, -0.2) is 8.42 Å². The zero-order valence-corrected chi connectivity index (χ0v) is 21.4. The van der Waals surface area contributed by atoms with E-state index in [1.165, 1.54) is 18.9 Å². The number of methoxy groups -OCH3 is 2. The van der Waals surface area contributed by atoms with E-state index in [0.717, 1.165) is 5.56 Å². The summed E-state index contributed by atoms with van der Waals surface area (Å²) < 4.78 is 38.0. The molecule has 1 amide bonds. The van der Waals surface area contributed by atoms with Gasteiger partial charge in [-0.3, -0.25) is 4.79 Å². The molecule has 3 rings (SSSR count). The van der Waals surface area contributed by atoms with Crippen LogP contribution in [0.2, 0.25) is 0 Å². The van der Waals surface area contributed by atoms with Crippen molar-refractivity contribution in [1.82, 2.24) is 14.8 Å². The van der Waals surface area contributed by atoms with Gasteiger partial charge in [-0.15, -0.1) is 10.2 Å². The number of hydrogen-bond acceptors (Lipinski definition) is 8. The average Bonchev–Trinajstić information content (AvgIpc) is 3.19. The van der Waals surface area contributed by atoms with Crippen molar-refractivity contribution in [2.75, 3.05) is 19.5 Å². The standard InChI is InChI=1S/C23H28N4O5S2/c1-6-27-21(14-34(29,30)18-10-7-15(2)8-11-18)25-26-23(27)33-16(3)22(28)24-19-13-17(31-4)9-12-20(19)32-5/h7-13,16H,6,14H2,1-5H3,(H,24,28). The third-order valence-corrected chi connectivity index (χ3v) is 7.83. The second kappa shape index (κ2) is 10.9. The van der Waals surface area contributed by atoms with Gasteiger partial charge in [-0.1, -0.05) is 29.5 Å². The molecule has 9 nitrogen and oxygen atoms in total. The summed E-state index contributed by atoms with van der Waals surface area (Å²) in [4.78, 5) is 13.1. The third kappa shape index (κ3) is 5.89. The molecule has 3 aromatic rings. The molecule has 0 radical (unpaired) electrons. The van der Waals surface area contributed by atoms with Gasteiger partial charge >= 0.3 is 0 Å². The van der Waals surface area contributed by atoms with E-state index in [1.807, 2.05) is 13.8 Å². The SMILES string of the molecule is CCn1c(CS(=O)(=O)c2ccc(C)cc2)nnc1SC(C)C(=O)Nc1cc(OC)ccc1OC. The van der Waals surface area contributed by atoms with Crippen molar-refractivity contribution < 1.29 is 22.7 Å². The fourth-order valence-corrected chi connectivity index (χ4v) is 5.39. The van der Waals surface area contributed by atoms with Crippen LogP contribution in [0.25, 0.3) is 0 Å². The summed E-state index contributed by atoms with van der Waals surface area (Å²) in [5.74, 6) is 0.871. The second-order valence-electron chi connectivity index (χ2n) is 7.53. The van der Waals surface area contributed by atoms with E-state index < -0.39 is 15.1 Å². The predicted octanol–water partition coefficient (Wildman–Crippen LogP) is 3.72. The number of benzene rings is 2. The van der Waals surface area contributed by atoms with Crippen LogP contribution in [0.3, 0.4) is 0 Å². The summed E-state index contributed by atoms with van der Waals surface area (Å²) in [6.45, 7) is 5.98. The normalized spacial score (nSPS) is 12.3. The Kier molecular flexibility index (Phi) is 8.21. The van der Waals surface area contributed by atoms with E-state index >= 15 is 0 Å². The molecule has 1 unspecified atom stereocenters. The largest absolute Gasteiger partial charge is 0.497 e. The van der Waals surface area contributed by atoms with Gasteiger partial charge in [-0.05, 0) is 45.0 Å². The van der Waals surface area contributed by atoms with Crippen LogP contribution in [0.4, 0.5) is 5.69 Å². The van der Waals surface area contributed by atoms with Crippen LogP contribution in [-0.4, -0.2) is 48.6 Å². The highest BCUT2D eigenvalue weighted by atomic mass is 32.2. The number of rotatable bonds is 10. The maximum Gasteiger partial charge on any atom is 0.237 e. The summed E-state index contributed by atoms with van der Waals surface area (Å²) in [5, 5.41) is 11.0. The molecule has 11 heteroatoms. The molecule has 182 valence electrons. The van der Waals surface area contributed by atoms with Gasteiger partial charge in [0.05, 0.1) is 30.1 Å². The van der Waals surface area contributed by atoms with Gasteiger partial charge in [0.15, 0.2) is 15.0 Å². The molecular formula is C23H28N4O5S2. The molecular weight excluding hydrogens is 476 g/mol. The molecule has 0 aliphatic heterocycles. The number of carbonyl (C=O) groups excluding carboxylic acids is 1. The van der Waals surface area contributed by atoms with Crippen molar-refractivity contribution in [2.45, 2.75) is 48.4 Å². The van der Waals surface area contributed by atoms with Crippen molar-refractivity contribution in [1.29, 1.82) is 0 Å². The molecule has 0 spiro atoms. The highest BCUT2D eigenvalue weighted by Gasteiger charge is 2.24. The Hall–Kier alpha value is -3.05. The van der Waals surface area contributed by atoms with Gasteiger partial charge in [0.1, 0.15) is 23.1 Å². The van der Waals surface area contributed by atoms with E-state index in [2.05, 4.69) is 15.5 Å². The van der Waals surface area contributed by atoms with E-state index in [-0.39, 0.29) is 16.6 Å². The lowest BCUT2D eigenvalue weighted by Crippen LogP contribution is -2.23. The van der Waals surface area contributed by atoms with Crippen LogP contribution < -0.4 is 14.8 Å². The minimum atomic E-state index is -3.59. The molecule has 1 N–H and O–H groups in total. The van der Waals surface area contributed by atoms with Crippen molar-refractivity contribution in [2.24, 2.45) is 0 Å². The Balaban J connectivity index is 1.75. The molecule has 1 heterocycles. The monoisotopic (exact) mass is 504 g/mol. The lowest BCUT2D eigenvalue weighted by Gasteiger charge is -2.15. The van der Waals surface area contributed by atoms with Crippen LogP contribution in [0.5, 0.6) is 11.5 Å². The lowest BCUT2D eigenvalue weighted by atomic mass is 10.2. The molecule has 0 aliphatic rings. The Bertz CT molecular complexity index is 1260. The van der Waals surface area contributed by atoms with E-state index in [1.54, 1.807) is 61.1 Å². The van der Waals surface area contributed by atoms with Crippen LogP contribution in [0.15, 0.2) is 52.5 Å². The zero-order chi connectivity index (χ0) is 24.9.